The Labute approximate surface area is 176 Å². The molecule has 1 atom stereocenters. The van der Waals surface area contributed by atoms with Gasteiger partial charge < -0.3 is 24.8 Å². The largest absolute Gasteiger partial charge is 1.00 e. The second-order valence-corrected chi connectivity index (χ2v) is 17.8. The molecule has 0 fully saturated rings. The van der Waals surface area contributed by atoms with Crippen LogP contribution >= 0.6 is 0 Å². The molecule has 1 unspecified atom stereocenters. The molecule has 3 rings (SSSR count). The van der Waals surface area contributed by atoms with Crippen molar-refractivity contribution >= 4 is 17.0 Å². The van der Waals surface area contributed by atoms with Crippen molar-refractivity contribution in [3.05, 3.63) is 63.1 Å². The molecule has 0 heterocycles. The molecule has 1 aliphatic carbocycles. The van der Waals surface area contributed by atoms with E-state index in [1.807, 2.05) is 0 Å². The van der Waals surface area contributed by atoms with E-state index in [-0.39, 0.29) is 24.8 Å². The molecule has 0 N–H and O–H groups in total. The molecule has 5 heteroatoms. The van der Waals surface area contributed by atoms with Gasteiger partial charge in [-0.15, -0.1) is 0 Å². The fraction of sp³-hybridized carbons (Fsp3) is 0.333. The van der Waals surface area contributed by atoms with Crippen molar-refractivity contribution in [2.45, 2.75) is 40.8 Å². The van der Waals surface area contributed by atoms with Gasteiger partial charge in [-0.05, 0) is 0 Å². The van der Waals surface area contributed by atoms with Gasteiger partial charge in [0.15, 0.2) is 0 Å². The van der Waals surface area contributed by atoms with Gasteiger partial charge in [-0.2, -0.15) is 0 Å². The first-order valence-corrected chi connectivity index (χ1v) is 14.9. The first-order chi connectivity index (χ1) is 11.4. The zero-order valence-electron chi connectivity index (χ0n) is 16.3. The summed E-state index contributed by atoms with van der Waals surface area (Å²) in [4.78, 5) is 0. The molecule has 138 valence electrons. The van der Waals surface area contributed by atoms with Crippen LogP contribution in [0.4, 0.5) is 0 Å². The summed E-state index contributed by atoms with van der Waals surface area (Å²) >= 11 is -1.75. The Morgan fingerprint density at radius 1 is 0.885 bits per heavy atom. The monoisotopic (exact) mass is 440 g/mol. The minimum Gasteiger partial charge on any atom is -1.00 e. The minimum atomic E-state index is -1.75. The smallest absolute Gasteiger partial charge is 1.00 e. The zero-order chi connectivity index (χ0) is 17.4. The molecule has 0 radical (unpaired) electrons. The van der Waals surface area contributed by atoms with Crippen molar-refractivity contribution in [2.24, 2.45) is 5.92 Å². The molecule has 1 nitrogen and oxygen atoms in total. The molecular weight excluding hydrogens is 415 g/mol. The third kappa shape index (κ3) is 4.48. The fourth-order valence-electron chi connectivity index (χ4n) is 3.51. The second-order valence-electron chi connectivity index (χ2n) is 7.01. The van der Waals surface area contributed by atoms with Crippen LogP contribution in [0.3, 0.4) is 0 Å². The van der Waals surface area contributed by atoms with E-state index < -0.39 is 23.2 Å². The number of fused-ring (bicyclic) bond motifs is 1. The van der Waals surface area contributed by atoms with Crippen LogP contribution in [0.1, 0.15) is 27.7 Å². The second kappa shape index (κ2) is 9.62. The predicted molar refractivity (Wildman–Crippen MR) is 102 cm³/mol. The summed E-state index contributed by atoms with van der Waals surface area (Å²) in [5.74, 6) is 1.63. The Balaban J connectivity index is 0.00000169. The van der Waals surface area contributed by atoms with E-state index in [0.29, 0.717) is 5.92 Å². The molecule has 0 amide bonds. The number of hydrogen-bond donors (Lipinski definition) is 0. The SMILES string of the molecule is CC1=C(C)C(C)[C]([Ti+2]([O]c2ccc3ccccc3c2)=[Si](C)C)=C1C.[Cl-].[Cl-]. The van der Waals surface area contributed by atoms with Crippen LogP contribution < -0.4 is 28.1 Å². The predicted octanol–water partition coefficient (Wildman–Crippen LogP) is 0.271. The minimum absolute atomic E-state index is 0. The van der Waals surface area contributed by atoms with Crippen molar-refractivity contribution < 1.29 is 45.1 Å². The van der Waals surface area contributed by atoms with Crippen molar-refractivity contribution in [3.8, 4) is 5.75 Å². The van der Waals surface area contributed by atoms with Crippen molar-refractivity contribution in [1.29, 1.82) is 0 Å². The molecule has 0 saturated carbocycles. The van der Waals surface area contributed by atoms with Crippen LogP contribution in [-0.4, -0.2) is 6.19 Å². The van der Waals surface area contributed by atoms with Gasteiger partial charge in [-0.1, -0.05) is 0 Å². The van der Waals surface area contributed by atoms with Gasteiger partial charge in [0.1, 0.15) is 0 Å². The number of rotatable bonds is 3. The third-order valence-corrected chi connectivity index (χ3v) is 14.7. The maximum Gasteiger partial charge on any atom is -1.00 e. The van der Waals surface area contributed by atoms with Crippen molar-refractivity contribution in [1.82, 2.24) is 0 Å². The van der Waals surface area contributed by atoms with E-state index >= 15 is 0 Å². The summed E-state index contributed by atoms with van der Waals surface area (Å²) in [7, 11) is 0. The first-order valence-electron chi connectivity index (χ1n) is 8.63. The van der Waals surface area contributed by atoms with Gasteiger partial charge in [-0.25, -0.2) is 0 Å². The molecule has 0 aliphatic heterocycles. The quantitative estimate of drug-likeness (QED) is 0.622. The average molecular weight is 441 g/mol. The van der Waals surface area contributed by atoms with Crippen LogP contribution in [0.25, 0.3) is 10.8 Å². The van der Waals surface area contributed by atoms with Crippen molar-refractivity contribution in [3.63, 3.8) is 0 Å². The molecule has 0 spiro atoms. The number of hydrogen-bond acceptors (Lipinski definition) is 1. The topological polar surface area (TPSA) is 9.23 Å². The van der Waals surface area contributed by atoms with Crippen LogP contribution in [-0.2, 0) is 17.0 Å². The average Bonchev–Trinajstić information content (AvgIpc) is 2.76. The van der Waals surface area contributed by atoms with E-state index in [0.717, 1.165) is 5.75 Å². The maximum absolute atomic E-state index is 6.73. The van der Waals surface area contributed by atoms with E-state index in [2.05, 4.69) is 83.3 Å². The fourth-order valence-corrected chi connectivity index (χ4v) is 12.4. The zero-order valence-corrected chi connectivity index (χ0v) is 20.4. The third-order valence-electron chi connectivity index (χ3n) is 5.28. The molecule has 0 saturated heterocycles. The summed E-state index contributed by atoms with van der Waals surface area (Å²) in [6.45, 7) is 14.1. The van der Waals surface area contributed by atoms with E-state index in [9.17, 15) is 0 Å². The van der Waals surface area contributed by atoms with Crippen LogP contribution in [0.15, 0.2) is 63.1 Å². The van der Waals surface area contributed by atoms with Gasteiger partial charge in [0.25, 0.3) is 0 Å². The van der Waals surface area contributed by atoms with Gasteiger partial charge in [0.2, 0.25) is 0 Å². The molecule has 2 aromatic rings. The van der Waals surface area contributed by atoms with Crippen LogP contribution in [0.5, 0.6) is 5.75 Å². The summed E-state index contributed by atoms with van der Waals surface area (Å²) in [5, 5.41) is 2.55. The molecule has 26 heavy (non-hydrogen) atoms. The maximum atomic E-state index is 6.73. The normalized spacial score (nSPS) is 16.0. The Bertz CT molecular complexity index is 911. The Kier molecular flexibility index (Phi) is 8.70. The Morgan fingerprint density at radius 3 is 2.04 bits per heavy atom. The van der Waals surface area contributed by atoms with Crippen LogP contribution in [0.2, 0.25) is 13.1 Å². The van der Waals surface area contributed by atoms with E-state index in [1.54, 1.807) is 3.88 Å². The van der Waals surface area contributed by atoms with Gasteiger partial charge in [0.05, 0.1) is 0 Å². The van der Waals surface area contributed by atoms with Crippen LogP contribution in [0, 0.1) is 5.92 Å². The molecular formula is C21H26Cl2OSiTi. The van der Waals surface area contributed by atoms with Gasteiger partial charge in [-0.3, -0.25) is 0 Å². The summed E-state index contributed by atoms with van der Waals surface area (Å²) in [6, 6.07) is 15.1. The van der Waals surface area contributed by atoms with Gasteiger partial charge >= 0.3 is 153 Å². The van der Waals surface area contributed by atoms with E-state index in [1.165, 1.54) is 27.5 Å². The summed E-state index contributed by atoms with van der Waals surface area (Å²) < 4.78 is 8.40. The number of halogens is 2. The first kappa shape index (κ1) is 23.5. The molecule has 1 aliphatic rings. The van der Waals surface area contributed by atoms with Gasteiger partial charge in [0, 0.05) is 0 Å². The Morgan fingerprint density at radius 2 is 1.50 bits per heavy atom. The number of allylic oxidation sites excluding steroid dienone is 4. The van der Waals surface area contributed by atoms with Crippen molar-refractivity contribution in [2.75, 3.05) is 0 Å². The Hall–Kier alpha value is -0.509. The molecule has 2 aromatic carbocycles. The molecule has 0 aromatic heterocycles. The summed E-state index contributed by atoms with van der Waals surface area (Å²) in [6.07, 6.45) is -0.458. The summed E-state index contributed by atoms with van der Waals surface area (Å²) in [5.41, 5.74) is 4.55. The van der Waals surface area contributed by atoms with E-state index in [4.69, 9.17) is 3.32 Å². The molecule has 0 bridgehead atoms. The number of benzene rings is 2. The standard InChI is InChI=1S/C10H8O.C9H13.C2H6Si.2ClH.Ti/c11-10-6-5-8-3-1-2-4-9(8)7-10;1-6-5-7(2)9(4)8(6)3;1-3-2;;;/h1-7,11H;6H,1-4H3;1-2H3;2*1H;/q;;;;;+3/p-3.